The predicted molar refractivity (Wildman–Crippen MR) is 74.4 cm³/mol. The summed E-state index contributed by atoms with van der Waals surface area (Å²) < 4.78 is 2.01. The molecule has 0 saturated heterocycles. The molecule has 90 valence electrons. The summed E-state index contributed by atoms with van der Waals surface area (Å²) in [6.45, 7) is 4.22. The number of nitrogens with zero attached hydrogens (tertiary/aromatic N) is 2. The van der Waals surface area contributed by atoms with Crippen LogP contribution in [0.2, 0.25) is 0 Å². The zero-order valence-corrected chi connectivity index (χ0v) is 10.5. The molecular formula is C15H15N3. The molecule has 2 aromatic heterocycles. The van der Waals surface area contributed by atoms with Crippen LogP contribution in [0.1, 0.15) is 11.1 Å². The molecule has 0 amide bonds. The van der Waals surface area contributed by atoms with E-state index in [-0.39, 0.29) is 0 Å². The molecule has 0 aliphatic rings. The fraction of sp³-hybridized carbons (Fsp3) is 0.133. The van der Waals surface area contributed by atoms with Crippen LogP contribution in [0.3, 0.4) is 0 Å². The van der Waals surface area contributed by atoms with Gasteiger partial charge in [-0.3, -0.25) is 0 Å². The lowest BCUT2D eigenvalue weighted by Crippen LogP contribution is -1.98. The van der Waals surface area contributed by atoms with Gasteiger partial charge in [0.15, 0.2) is 5.65 Å². The van der Waals surface area contributed by atoms with E-state index < -0.39 is 0 Å². The van der Waals surface area contributed by atoms with Crippen molar-refractivity contribution in [2.75, 3.05) is 5.32 Å². The van der Waals surface area contributed by atoms with Crippen LogP contribution in [-0.2, 0) is 0 Å². The quantitative estimate of drug-likeness (QED) is 0.736. The number of hydrogen-bond donors (Lipinski definition) is 1. The summed E-state index contributed by atoms with van der Waals surface area (Å²) in [5.41, 5.74) is 5.61. The fourth-order valence-corrected chi connectivity index (χ4v) is 2.19. The number of aryl methyl sites for hydroxylation is 2. The van der Waals surface area contributed by atoms with Crippen molar-refractivity contribution in [2.45, 2.75) is 13.8 Å². The van der Waals surface area contributed by atoms with E-state index >= 15 is 0 Å². The maximum Gasteiger partial charge on any atom is 0.160 e. The number of pyridine rings is 1. The van der Waals surface area contributed by atoms with Crippen molar-refractivity contribution in [2.24, 2.45) is 0 Å². The highest BCUT2D eigenvalue weighted by Gasteiger charge is 2.06. The molecule has 1 aromatic carbocycles. The van der Waals surface area contributed by atoms with Gasteiger partial charge in [0, 0.05) is 24.3 Å². The molecule has 0 unspecified atom stereocenters. The summed E-state index contributed by atoms with van der Waals surface area (Å²) in [4.78, 5) is 4.37. The molecule has 0 fully saturated rings. The van der Waals surface area contributed by atoms with Crippen LogP contribution in [-0.4, -0.2) is 9.38 Å². The first kappa shape index (κ1) is 10.8. The van der Waals surface area contributed by atoms with Gasteiger partial charge in [-0.25, -0.2) is 4.98 Å². The summed E-state index contributed by atoms with van der Waals surface area (Å²) in [5.74, 6) is 0. The van der Waals surface area contributed by atoms with E-state index in [9.17, 15) is 0 Å². The number of aromatic nitrogens is 2. The van der Waals surface area contributed by atoms with E-state index in [1.807, 2.05) is 35.1 Å². The Morgan fingerprint density at radius 2 is 1.78 bits per heavy atom. The maximum atomic E-state index is 4.37. The third-order valence-electron chi connectivity index (χ3n) is 3.16. The summed E-state index contributed by atoms with van der Waals surface area (Å²) in [6.07, 6.45) is 5.76. The molecular weight excluding hydrogens is 222 g/mol. The third-order valence-corrected chi connectivity index (χ3v) is 3.16. The average Bonchev–Trinajstić information content (AvgIpc) is 2.83. The van der Waals surface area contributed by atoms with Crippen LogP contribution in [0.15, 0.2) is 48.9 Å². The number of para-hydroxylation sites is 1. The number of benzene rings is 1. The van der Waals surface area contributed by atoms with Crippen molar-refractivity contribution >= 4 is 17.0 Å². The van der Waals surface area contributed by atoms with Gasteiger partial charge in [0.25, 0.3) is 0 Å². The zero-order valence-electron chi connectivity index (χ0n) is 10.5. The Kier molecular flexibility index (Phi) is 2.52. The van der Waals surface area contributed by atoms with Gasteiger partial charge >= 0.3 is 0 Å². The first-order valence-corrected chi connectivity index (χ1v) is 6.00. The molecule has 3 heteroatoms. The standard InChI is InChI=1S/C15H15N3/c1-11-5-3-6-12(2)14(11)17-13-7-4-9-18-10-8-16-15(13)18/h3-10,17H,1-2H3. The Bertz CT molecular complexity index is 678. The van der Waals surface area contributed by atoms with Crippen LogP contribution in [0.4, 0.5) is 11.4 Å². The van der Waals surface area contributed by atoms with Gasteiger partial charge in [-0.1, -0.05) is 18.2 Å². The Balaban J connectivity index is 2.09. The van der Waals surface area contributed by atoms with Crippen molar-refractivity contribution < 1.29 is 0 Å². The molecule has 0 atom stereocenters. The third kappa shape index (κ3) is 1.74. The minimum atomic E-state index is 0.945. The maximum absolute atomic E-state index is 4.37. The average molecular weight is 237 g/mol. The van der Waals surface area contributed by atoms with Crippen molar-refractivity contribution in [1.82, 2.24) is 9.38 Å². The second-order valence-corrected chi connectivity index (χ2v) is 4.47. The molecule has 3 rings (SSSR count). The highest BCUT2D eigenvalue weighted by Crippen LogP contribution is 2.26. The van der Waals surface area contributed by atoms with Gasteiger partial charge in [-0.05, 0) is 37.1 Å². The van der Waals surface area contributed by atoms with Crippen molar-refractivity contribution in [3.8, 4) is 0 Å². The van der Waals surface area contributed by atoms with E-state index in [4.69, 9.17) is 0 Å². The molecule has 0 spiro atoms. The Hall–Kier alpha value is -2.29. The lowest BCUT2D eigenvalue weighted by molar-refractivity contribution is 1.18. The lowest BCUT2D eigenvalue weighted by atomic mass is 10.1. The predicted octanol–water partition coefficient (Wildman–Crippen LogP) is 3.69. The minimum Gasteiger partial charge on any atom is -0.352 e. The van der Waals surface area contributed by atoms with Gasteiger partial charge < -0.3 is 9.72 Å². The molecule has 18 heavy (non-hydrogen) atoms. The molecule has 2 heterocycles. The lowest BCUT2D eigenvalue weighted by Gasteiger charge is -2.13. The summed E-state index contributed by atoms with van der Waals surface area (Å²) in [7, 11) is 0. The van der Waals surface area contributed by atoms with Crippen LogP contribution in [0.5, 0.6) is 0 Å². The largest absolute Gasteiger partial charge is 0.352 e. The Morgan fingerprint density at radius 1 is 1.00 bits per heavy atom. The molecule has 3 aromatic rings. The first-order valence-electron chi connectivity index (χ1n) is 6.00. The van der Waals surface area contributed by atoms with E-state index in [1.165, 1.54) is 11.1 Å². The van der Waals surface area contributed by atoms with Crippen LogP contribution in [0, 0.1) is 13.8 Å². The van der Waals surface area contributed by atoms with Gasteiger partial charge in [-0.15, -0.1) is 0 Å². The number of imidazole rings is 1. The first-order chi connectivity index (χ1) is 8.75. The minimum absolute atomic E-state index is 0.945. The molecule has 0 bridgehead atoms. The highest BCUT2D eigenvalue weighted by atomic mass is 15.0. The highest BCUT2D eigenvalue weighted by molar-refractivity contribution is 5.76. The van der Waals surface area contributed by atoms with Crippen LogP contribution < -0.4 is 5.32 Å². The van der Waals surface area contributed by atoms with Gasteiger partial charge in [-0.2, -0.15) is 0 Å². The normalized spacial score (nSPS) is 10.8. The summed E-state index contributed by atoms with van der Waals surface area (Å²) in [6, 6.07) is 10.4. The molecule has 0 saturated carbocycles. The van der Waals surface area contributed by atoms with Gasteiger partial charge in [0.1, 0.15) is 0 Å². The Labute approximate surface area is 106 Å². The number of fused-ring (bicyclic) bond motifs is 1. The van der Waals surface area contributed by atoms with Gasteiger partial charge in [0.05, 0.1) is 5.69 Å². The van der Waals surface area contributed by atoms with E-state index in [2.05, 4.69) is 42.3 Å². The number of nitrogens with one attached hydrogen (secondary N) is 1. The SMILES string of the molecule is Cc1cccc(C)c1Nc1cccn2ccnc12. The summed E-state index contributed by atoms with van der Waals surface area (Å²) in [5, 5.41) is 3.49. The van der Waals surface area contributed by atoms with E-state index in [0.29, 0.717) is 0 Å². The van der Waals surface area contributed by atoms with E-state index in [0.717, 1.165) is 17.0 Å². The molecule has 3 nitrogen and oxygen atoms in total. The number of hydrogen-bond acceptors (Lipinski definition) is 2. The fourth-order valence-electron chi connectivity index (χ4n) is 2.19. The second-order valence-electron chi connectivity index (χ2n) is 4.47. The monoisotopic (exact) mass is 237 g/mol. The Morgan fingerprint density at radius 3 is 2.56 bits per heavy atom. The second kappa shape index (κ2) is 4.18. The topological polar surface area (TPSA) is 29.3 Å². The van der Waals surface area contributed by atoms with Gasteiger partial charge in [0.2, 0.25) is 0 Å². The zero-order chi connectivity index (χ0) is 12.5. The molecule has 0 radical (unpaired) electrons. The molecule has 0 aliphatic heterocycles. The number of rotatable bonds is 2. The van der Waals surface area contributed by atoms with Crippen LogP contribution >= 0.6 is 0 Å². The van der Waals surface area contributed by atoms with Crippen molar-refractivity contribution in [3.63, 3.8) is 0 Å². The molecule has 1 N–H and O–H groups in total. The van der Waals surface area contributed by atoms with Crippen molar-refractivity contribution in [1.29, 1.82) is 0 Å². The number of anilines is 2. The van der Waals surface area contributed by atoms with Crippen molar-refractivity contribution in [3.05, 3.63) is 60.0 Å². The van der Waals surface area contributed by atoms with Crippen LogP contribution in [0.25, 0.3) is 5.65 Å². The smallest absolute Gasteiger partial charge is 0.160 e. The summed E-state index contributed by atoms with van der Waals surface area (Å²) >= 11 is 0. The molecule has 0 aliphatic carbocycles. The van der Waals surface area contributed by atoms with E-state index in [1.54, 1.807) is 0 Å².